The molecule has 24 heavy (non-hydrogen) atoms. The van der Waals surface area contributed by atoms with Gasteiger partial charge in [-0.25, -0.2) is 0 Å². The van der Waals surface area contributed by atoms with Gasteiger partial charge >= 0.3 is 0 Å². The second kappa shape index (κ2) is 6.40. The number of hydrogen-bond donors (Lipinski definition) is 1. The van der Waals surface area contributed by atoms with E-state index in [1.165, 1.54) is 22.2 Å². The average Bonchev–Trinajstić information content (AvgIpc) is 2.85. The van der Waals surface area contributed by atoms with Crippen molar-refractivity contribution < 1.29 is 9.53 Å². The van der Waals surface area contributed by atoms with Gasteiger partial charge in [-0.05, 0) is 30.2 Å². The van der Waals surface area contributed by atoms with Crippen molar-refractivity contribution in [3.63, 3.8) is 0 Å². The molecular weight excluding hydrogens is 300 g/mol. The maximum Gasteiger partial charge on any atom is 0.260 e. The molecule has 0 atom stereocenters. The number of rotatable bonds is 3. The van der Waals surface area contributed by atoms with E-state index in [2.05, 4.69) is 29.2 Å². The lowest BCUT2D eigenvalue weighted by atomic mass is 10.1. The van der Waals surface area contributed by atoms with Crippen LogP contribution in [0.5, 0.6) is 5.75 Å². The van der Waals surface area contributed by atoms with E-state index < -0.39 is 0 Å². The third kappa shape index (κ3) is 2.87. The van der Waals surface area contributed by atoms with Gasteiger partial charge in [0.1, 0.15) is 5.75 Å². The third-order valence-electron chi connectivity index (χ3n) is 4.62. The molecule has 4 rings (SSSR count). The van der Waals surface area contributed by atoms with Crippen LogP contribution in [0, 0.1) is 0 Å². The first kappa shape index (κ1) is 14.8. The lowest BCUT2D eigenvalue weighted by Gasteiger charge is -2.20. The van der Waals surface area contributed by atoms with Crippen LogP contribution in [0.1, 0.15) is 11.3 Å². The van der Waals surface area contributed by atoms with Crippen LogP contribution in [0.15, 0.2) is 54.6 Å². The molecule has 1 aliphatic heterocycles. The molecule has 0 saturated heterocycles. The number of amides is 1. The molecule has 3 aromatic rings. The van der Waals surface area contributed by atoms with E-state index in [9.17, 15) is 4.79 Å². The summed E-state index contributed by atoms with van der Waals surface area (Å²) in [5, 5.41) is 1.28. The molecule has 0 radical (unpaired) electrons. The number of benzene rings is 2. The summed E-state index contributed by atoms with van der Waals surface area (Å²) in [5.41, 5.74) is 3.80. The minimum absolute atomic E-state index is 0.0494. The Morgan fingerprint density at radius 3 is 2.62 bits per heavy atom. The first-order valence-corrected chi connectivity index (χ1v) is 8.35. The van der Waals surface area contributed by atoms with E-state index in [0.29, 0.717) is 0 Å². The Hall–Kier alpha value is -2.75. The maximum atomic E-state index is 12.5. The summed E-state index contributed by atoms with van der Waals surface area (Å²) in [6, 6.07) is 17.9. The Bertz CT molecular complexity index is 854. The van der Waals surface area contributed by atoms with Crippen molar-refractivity contribution >= 4 is 16.8 Å². The van der Waals surface area contributed by atoms with Crippen LogP contribution in [0.25, 0.3) is 10.9 Å². The molecule has 1 aliphatic rings. The van der Waals surface area contributed by atoms with E-state index in [1.807, 2.05) is 35.2 Å². The van der Waals surface area contributed by atoms with Crippen LogP contribution in [-0.4, -0.2) is 35.5 Å². The van der Waals surface area contributed by atoms with E-state index in [-0.39, 0.29) is 12.5 Å². The van der Waals surface area contributed by atoms with Gasteiger partial charge < -0.3 is 14.6 Å². The number of nitrogens with zero attached hydrogens (tertiary/aromatic N) is 1. The second-order valence-corrected chi connectivity index (χ2v) is 6.11. The highest BCUT2D eigenvalue weighted by Crippen LogP contribution is 2.25. The van der Waals surface area contributed by atoms with Crippen molar-refractivity contribution in [3.05, 3.63) is 65.9 Å². The molecule has 0 saturated carbocycles. The summed E-state index contributed by atoms with van der Waals surface area (Å²) in [7, 11) is 0. The molecule has 122 valence electrons. The van der Waals surface area contributed by atoms with Crippen LogP contribution in [-0.2, 0) is 17.6 Å². The lowest BCUT2D eigenvalue weighted by Crippen LogP contribution is -2.36. The summed E-state index contributed by atoms with van der Waals surface area (Å²) < 4.78 is 5.59. The summed E-state index contributed by atoms with van der Waals surface area (Å²) in [6.07, 6.45) is 1.75. The molecule has 2 aromatic carbocycles. The van der Waals surface area contributed by atoms with Crippen LogP contribution in [0.4, 0.5) is 0 Å². The molecule has 0 unspecified atom stereocenters. The number of carbonyl (C=O) groups is 1. The van der Waals surface area contributed by atoms with Gasteiger partial charge in [0.25, 0.3) is 5.91 Å². The van der Waals surface area contributed by atoms with Crippen molar-refractivity contribution in [2.24, 2.45) is 0 Å². The predicted molar refractivity (Wildman–Crippen MR) is 94.2 cm³/mol. The molecule has 1 amide bonds. The van der Waals surface area contributed by atoms with Gasteiger partial charge in [-0.15, -0.1) is 0 Å². The van der Waals surface area contributed by atoms with Crippen LogP contribution in [0.2, 0.25) is 0 Å². The van der Waals surface area contributed by atoms with E-state index in [1.54, 1.807) is 0 Å². The standard InChI is InChI=1S/C20H20N2O2/c23-20(14-24-15-6-2-1-3-7-15)22-12-10-17-16-8-4-5-9-18(16)21-19(17)11-13-22/h1-9,21H,10-14H2. The molecule has 0 fully saturated rings. The topological polar surface area (TPSA) is 45.3 Å². The number of ether oxygens (including phenoxy) is 1. The molecule has 4 heteroatoms. The summed E-state index contributed by atoms with van der Waals surface area (Å²) in [4.78, 5) is 17.9. The zero-order valence-electron chi connectivity index (χ0n) is 13.5. The van der Waals surface area contributed by atoms with E-state index in [0.717, 1.165) is 31.7 Å². The number of fused-ring (bicyclic) bond motifs is 3. The Kier molecular flexibility index (Phi) is 3.95. The van der Waals surface area contributed by atoms with Gasteiger partial charge in [0.2, 0.25) is 0 Å². The zero-order valence-corrected chi connectivity index (χ0v) is 13.5. The van der Waals surface area contributed by atoms with Gasteiger partial charge in [-0.1, -0.05) is 36.4 Å². The van der Waals surface area contributed by atoms with Crippen LogP contribution in [0.3, 0.4) is 0 Å². The second-order valence-electron chi connectivity index (χ2n) is 6.11. The smallest absolute Gasteiger partial charge is 0.260 e. The average molecular weight is 320 g/mol. The minimum atomic E-state index is 0.0494. The van der Waals surface area contributed by atoms with Gasteiger partial charge in [0.05, 0.1) is 0 Å². The highest BCUT2D eigenvalue weighted by Gasteiger charge is 2.21. The van der Waals surface area contributed by atoms with Crippen molar-refractivity contribution in [3.8, 4) is 5.75 Å². The Balaban J connectivity index is 1.42. The normalized spacial score (nSPS) is 14.2. The lowest BCUT2D eigenvalue weighted by molar-refractivity contribution is -0.133. The molecule has 1 aromatic heterocycles. The number of carbonyl (C=O) groups excluding carboxylic acids is 1. The first-order chi connectivity index (χ1) is 11.8. The fourth-order valence-electron chi connectivity index (χ4n) is 3.36. The van der Waals surface area contributed by atoms with Crippen molar-refractivity contribution in [1.29, 1.82) is 0 Å². The predicted octanol–water partition coefficient (Wildman–Crippen LogP) is 3.17. The van der Waals surface area contributed by atoms with Crippen LogP contribution >= 0.6 is 0 Å². The third-order valence-corrected chi connectivity index (χ3v) is 4.62. The molecule has 1 N–H and O–H groups in total. The Labute approximate surface area is 141 Å². The number of nitrogens with one attached hydrogen (secondary N) is 1. The number of H-pyrrole nitrogens is 1. The molecule has 0 aliphatic carbocycles. The highest BCUT2D eigenvalue weighted by atomic mass is 16.5. The Morgan fingerprint density at radius 1 is 1.00 bits per heavy atom. The van der Waals surface area contributed by atoms with Crippen molar-refractivity contribution in [1.82, 2.24) is 9.88 Å². The molecular formula is C20H20N2O2. The highest BCUT2D eigenvalue weighted by molar-refractivity contribution is 5.85. The Morgan fingerprint density at radius 2 is 1.75 bits per heavy atom. The summed E-state index contributed by atoms with van der Waals surface area (Å²) in [6.45, 7) is 1.57. The SMILES string of the molecule is O=C(COc1ccccc1)N1CCc2[nH]c3ccccc3c2CC1. The van der Waals surface area contributed by atoms with Crippen molar-refractivity contribution in [2.75, 3.05) is 19.7 Å². The van der Waals surface area contributed by atoms with Gasteiger partial charge in [0, 0.05) is 36.1 Å². The van der Waals surface area contributed by atoms with Gasteiger partial charge in [-0.3, -0.25) is 4.79 Å². The maximum absolute atomic E-state index is 12.5. The first-order valence-electron chi connectivity index (χ1n) is 8.35. The fourth-order valence-corrected chi connectivity index (χ4v) is 3.36. The summed E-state index contributed by atoms with van der Waals surface area (Å²) in [5.74, 6) is 0.783. The van der Waals surface area contributed by atoms with E-state index in [4.69, 9.17) is 4.74 Å². The quantitative estimate of drug-likeness (QED) is 0.805. The largest absolute Gasteiger partial charge is 0.484 e. The minimum Gasteiger partial charge on any atom is -0.484 e. The van der Waals surface area contributed by atoms with Gasteiger partial charge in [0.15, 0.2) is 6.61 Å². The number of aromatic amines is 1. The molecule has 2 heterocycles. The molecule has 4 nitrogen and oxygen atoms in total. The van der Waals surface area contributed by atoms with Gasteiger partial charge in [-0.2, -0.15) is 0 Å². The molecule has 0 bridgehead atoms. The number of aromatic nitrogens is 1. The zero-order chi connectivity index (χ0) is 16.4. The number of para-hydroxylation sites is 2. The fraction of sp³-hybridized carbons (Fsp3) is 0.250. The monoisotopic (exact) mass is 320 g/mol. The van der Waals surface area contributed by atoms with Crippen molar-refractivity contribution in [2.45, 2.75) is 12.8 Å². The van der Waals surface area contributed by atoms with Crippen LogP contribution < -0.4 is 4.74 Å². The number of hydrogen-bond acceptors (Lipinski definition) is 2. The molecule has 0 spiro atoms. The summed E-state index contributed by atoms with van der Waals surface area (Å²) >= 11 is 0. The van der Waals surface area contributed by atoms with E-state index >= 15 is 0 Å².